The highest BCUT2D eigenvalue weighted by Gasteiger charge is 2.09. The minimum absolute atomic E-state index is 0.161. The van der Waals surface area contributed by atoms with Crippen LogP contribution in [0.5, 0.6) is 0 Å². The first kappa shape index (κ1) is 14.3. The molecule has 0 radical (unpaired) electrons. The first-order valence-corrected chi connectivity index (χ1v) is 6.74. The average Bonchev–Trinajstić information content (AvgIpc) is 2.64. The molecule has 0 aliphatic heterocycles. The van der Waals surface area contributed by atoms with E-state index in [1.54, 1.807) is 6.21 Å². The summed E-state index contributed by atoms with van der Waals surface area (Å²) in [5, 5.41) is 4.17. The van der Waals surface area contributed by atoms with E-state index in [1.165, 1.54) is 5.56 Å². The monoisotopic (exact) mass is 286 g/mol. The molecule has 0 saturated heterocycles. The van der Waals surface area contributed by atoms with E-state index < -0.39 is 0 Å². The molecule has 0 aliphatic rings. The number of hydrazone groups is 1. The Morgan fingerprint density at radius 2 is 2.05 bits per heavy atom. The standard InChI is InChI=1S/C15H18N4S/c1-10-5-4-6-14(7-10)19-11(2)8-13(12(19)3)9-17-18-15(16)20/h4-9H,1-3H3,(H3,16,18,20)/b17-9-. The Balaban J connectivity index is 2.39. The Morgan fingerprint density at radius 3 is 2.70 bits per heavy atom. The lowest BCUT2D eigenvalue weighted by atomic mass is 10.2. The first-order chi connectivity index (χ1) is 9.49. The van der Waals surface area contributed by atoms with Crippen molar-refractivity contribution in [2.45, 2.75) is 20.8 Å². The molecule has 0 saturated carbocycles. The van der Waals surface area contributed by atoms with Gasteiger partial charge in [-0.05, 0) is 56.8 Å². The van der Waals surface area contributed by atoms with Crippen LogP contribution in [0.25, 0.3) is 5.69 Å². The fraction of sp³-hybridized carbons (Fsp3) is 0.200. The van der Waals surface area contributed by atoms with Gasteiger partial charge in [-0.1, -0.05) is 12.1 Å². The summed E-state index contributed by atoms with van der Waals surface area (Å²) in [6.07, 6.45) is 1.73. The molecular weight excluding hydrogens is 268 g/mol. The van der Waals surface area contributed by atoms with Gasteiger partial charge in [0, 0.05) is 22.6 Å². The van der Waals surface area contributed by atoms with Crippen LogP contribution in [-0.2, 0) is 0 Å². The van der Waals surface area contributed by atoms with Crippen molar-refractivity contribution in [1.82, 2.24) is 9.99 Å². The van der Waals surface area contributed by atoms with E-state index in [4.69, 9.17) is 18.0 Å². The van der Waals surface area contributed by atoms with Gasteiger partial charge in [-0.3, -0.25) is 5.43 Å². The predicted molar refractivity (Wildman–Crippen MR) is 87.5 cm³/mol. The number of hydrogen-bond acceptors (Lipinski definition) is 2. The molecule has 3 N–H and O–H groups in total. The molecule has 104 valence electrons. The van der Waals surface area contributed by atoms with E-state index in [2.05, 4.69) is 66.2 Å². The van der Waals surface area contributed by atoms with Gasteiger partial charge in [-0.15, -0.1) is 0 Å². The topological polar surface area (TPSA) is 55.3 Å². The lowest BCUT2D eigenvalue weighted by Crippen LogP contribution is -2.24. The second-order valence-electron chi connectivity index (χ2n) is 4.74. The Kier molecular flexibility index (Phi) is 4.20. The molecule has 1 aromatic carbocycles. The molecule has 1 aromatic heterocycles. The van der Waals surface area contributed by atoms with E-state index in [0.29, 0.717) is 0 Å². The number of aryl methyl sites for hydroxylation is 2. The van der Waals surface area contributed by atoms with Gasteiger partial charge < -0.3 is 10.3 Å². The van der Waals surface area contributed by atoms with Crippen LogP contribution in [-0.4, -0.2) is 15.9 Å². The second kappa shape index (κ2) is 5.88. The number of benzene rings is 1. The summed E-state index contributed by atoms with van der Waals surface area (Å²) in [6.45, 7) is 6.23. The number of thiocarbonyl (C=S) groups is 1. The molecule has 0 fully saturated rings. The number of nitrogens with zero attached hydrogens (tertiary/aromatic N) is 2. The molecule has 2 rings (SSSR count). The SMILES string of the molecule is Cc1cccc(-n2c(C)cc(/C=N\NC(N)=S)c2C)c1. The normalized spacial score (nSPS) is 10.9. The molecule has 4 nitrogen and oxygen atoms in total. The smallest absolute Gasteiger partial charge is 0.184 e. The predicted octanol–water partition coefficient (Wildman–Crippen LogP) is 2.57. The highest BCUT2D eigenvalue weighted by molar-refractivity contribution is 7.80. The molecule has 20 heavy (non-hydrogen) atoms. The lowest BCUT2D eigenvalue weighted by Gasteiger charge is -2.10. The summed E-state index contributed by atoms with van der Waals surface area (Å²) in [7, 11) is 0. The molecule has 2 aromatic rings. The van der Waals surface area contributed by atoms with Gasteiger partial charge in [0.15, 0.2) is 5.11 Å². The Bertz CT molecular complexity index is 671. The van der Waals surface area contributed by atoms with Gasteiger partial charge in [0.25, 0.3) is 0 Å². The van der Waals surface area contributed by atoms with Gasteiger partial charge in [-0.2, -0.15) is 5.10 Å². The zero-order valence-electron chi connectivity index (χ0n) is 11.8. The molecule has 0 amide bonds. The molecule has 0 atom stereocenters. The van der Waals surface area contributed by atoms with Crippen molar-refractivity contribution < 1.29 is 0 Å². The second-order valence-corrected chi connectivity index (χ2v) is 5.17. The third kappa shape index (κ3) is 3.05. The minimum atomic E-state index is 0.161. The summed E-state index contributed by atoms with van der Waals surface area (Å²) >= 11 is 4.71. The maximum absolute atomic E-state index is 5.34. The Labute approximate surface area is 124 Å². The molecular formula is C15H18N4S. The number of hydrogen-bond donors (Lipinski definition) is 2. The third-order valence-electron chi connectivity index (χ3n) is 3.11. The molecule has 0 bridgehead atoms. The summed E-state index contributed by atoms with van der Waals surface area (Å²) < 4.78 is 2.20. The minimum Gasteiger partial charge on any atom is -0.375 e. The van der Waals surface area contributed by atoms with Gasteiger partial charge in [0.2, 0.25) is 0 Å². The van der Waals surface area contributed by atoms with E-state index in [-0.39, 0.29) is 5.11 Å². The third-order valence-corrected chi connectivity index (χ3v) is 3.20. The molecule has 0 spiro atoms. The lowest BCUT2D eigenvalue weighted by molar-refractivity contribution is 0.962. The summed E-state index contributed by atoms with van der Waals surface area (Å²) in [6, 6.07) is 10.5. The van der Waals surface area contributed by atoms with E-state index in [9.17, 15) is 0 Å². The molecule has 0 aliphatic carbocycles. The quantitative estimate of drug-likeness (QED) is 0.518. The van der Waals surface area contributed by atoms with Crippen molar-refractivity contribution in [3.05, 3.63) is 52.8 Å². The van der Waals surface area contributed by atoms with Crippen molar-refractivity contribution in [2.24, 2.45) is 10.8 Å². The Hall–Kier alpha value is -2.14. The summed E-state index contributed by atoms with van der Waals surface area (Å²) in [5.74, 6) is 0. The van der Waals surface area contributed by atoms with Crippen molar-refractivity contribution in [1.29, 1.82) is 0 Å². The van der Waals surface area contributed by atoms with E-state index in [0.717, 1.165) is 22.6 Å². The van der Waals surface area contributed by atoms with Crippen molar-refractivity contribution in [3.8, 4) is 5.69 Å². The number of nitrogens with one attached hydrogen (secondary N) is 1. The first-order valence-electron chi connectivity index (χ1n) is 6.33. The average molecular weight is 286 g/mol. The summed E-state index contributed by atoms with van der Waals surface area (Å²) in [4.78, 5) is 0. The van der Waals surface area contributed by atoms with Crippen LogP contribution in [0.2, 0.25) is 0 Å². The summed E-state index contributed by atoms with van der Waals surface area (Å²) in [5.41, 5.74) is 13.6. The number of aromatic nitrogens is 1. The highest BCUT2D eigenvalue weighted by atomic mass is 32.1. The van der Waals surface area contributed by atoms with Gasteiger partial charge in [0.05, 0.1) is 6.21 Å². The molecule has 1 heterocycles. The van der Waals surface area contributed by atoms with Crippen LogP contribution in [0, 0.1) is 20.8 Å². The zero-order valence-corrected chi connectivity index (χ0v) is 12.7. The molecule has 5 heteroatoms. The van der Waals surface area contributed by atoms with E-state index in [1.807, 2.05) is 0 Å². The number of nitrogens with two attached hydrogens (primary N) is 1. The zero-order chi connectivity index (χ0) is 14.7. The highest BCUT2D eigenvalue weighted by Crippen LogP contribution is 2.20. The molecule has 0 unspecified atom stereocenters. The van der Waals surface area contributed by atoms with Gasteiger partial charge in [-0.25, -0.2) is 0 Å². The van der Waals surface area contributed by atoms with Gasteiger partial charge >= 0.3 is 0 Å². The van der Waals surface area contributed by atoms with Crippen LogP contribution in [0.15, 0.2) is 35.4 Å². The van der Waals surface area contributed by atoms with Crippen molar-refractivity contribution in [2.75, 3.05) is 0 Å². The van der Waals surface area contributed by atoms with Crippen LogP contribution in [0.3, 0.4) is 0 Å². The van der Waals surface area contributed by atoms with Crippen molar-refractivity contribution >= 4 is 23.5 Å². The van der Waals surface area contributed by atoms with Crippen molar-refractivity contribution in [3.63, 3.8) is 0 Å². The maximum atomic E-state index is 5.34. The fourth-order valence-corrected chi connectivity index (χ4v) is 2.30. The van der Waals surface area contributed by atoms with Crippen LogP contribution in [0.4, 0.5) is 0 Å². The van der Waals surface area contributed by atoms with Crippen LogP contribution >= 0.6 is 12.2 Å². The van der Waals surface area contributed by atoms with Crippen LogP contribution < -0.4 is 11.2 Å². The maximum Gasteiger partial charge on any atom is 0.184 e. The van der Waals surface area contributed by atoms with Gasteiger partial charge in [0.1, 0.15) is 0 Å². The number of rotatable bonds is 3. The van der Waals surface area contributed by atoms with E-state index >= 15 is 0 Å². The van der Waals surface area contributed by atoms with Crippen LogP contribution in [0.1, 0.15) is 22.5 Å². The fourth-order valence-electron chi connectivity index (χ4n) is 2.25. The Morgan fingerprint density at radius 1 is 1.30 bits per heavy atom. The largest absolute Gasteiger partial charge is 0.375 e.